The molecule has 3 rings (SSSR count). The van der Waals surface area contributed by atoms with Crippen LogP contribution in [0.25, 0.3) is 0 Å². The fraction of sp³-hybridized carbons (Fsp3) is 0.520. The van der Waals surface area contributed by atoms with E-state index in [1.807, 2.05) is 0 Å². The Morgan fingerprint density at radius 2 is 0.857 bits per heavy atom. The highest BCUT2D eigenvalue weighted by Crippen LogP contribution is 2.36. The van der Waals surface area contributed by atoms with Gasteiger partial charge in [-0.2, -0.15) is 0 Å². The summed E-state index contributed by atoms with van der Waals surface area (Å²) in [7, 11) is 0. The van der Waals surface area contributed by atoms with Gasteiger partial charge in [-0.05, 0) is 55.7 Å². The van der Waals surface area contributed by atoms with Crippen molar-refractivity contribution in [3.05, 3.63) is 71.0 Å². The highest BCUT2D eigenvalue weighted by molar-refractivity contribution is 5.32. The predicted octanol–water partition coefficient (Wildman–Crippen LogP) is 7.67. The van der Waals surface area contributed by atoms with Crippen molar-refractivity contribution in [2.24, 2.45) is 0 Å². The van der Waals surface area contributed by atoms with Crippen molar-refractivity contribution in [3.63, 3.8) is 0 Å². The Balaban J connectivity index is 1.88. The van der Waals surface area contributed by atoms with Gasteiger partial charge in [0.2, 0.25) is 0 Å². The Labute approximate surface area is 169 Å². The van der Waals surface area contributed by atoms with Gasteiger partial charge >= 0.3 is 0 Å². The summed E-state index contributed by atoms with van der Waals surface area (Å²) >= 11 is 0. The first kappa shape index (κ1) is 20.6. The molecule has 152 valence electrons. The molecule has 0 atom stereocenters. The standard InChI is InChI=1S/C25H34O3/c1-4-7-10-19-13-16-22(26-19)25(23-17-14-20(27-23)11-8-5-2)24-18-15-21(28-24)12-9-6-3/h13-18,25H,4-12H2,1-3H3. The van der Waals surface area contributed by atoms with Crippen molar-refractivity contribution in [2.75, 3.05) is 0 Å². The lowest BCUT2D eigenvalue weighted by Gasteiger charge is -2.10. The second kappa shape index (κ2) is 10.4. The van der Waals surface area contributed by atoms with E-state index in [2.05, 4.69) is 57.2 Å². The molecule has 3 aromatic rings. The smallest absolute Gasteiger partial charge is 0.133 e. The molecule has 28 heavy (non-hydrogen) atoms. The van der Waals surface area contributed by atoms with E-state index in [9.17, 15) is 0 Å². The summed E-state index contributed by atoms with van der Waals surface area (Å²) in [6, 6.07) is 12.5. The summed E-state index contributed by atoms with van der Waals surface area (Å²) in [4.78, 5) is 0. The maximum absolute atomic E-state index is 6.22. The third kappa shape index (κ3) is 5.21. The normalized spacial score (nSPS) is 11.6. The molecule has 0 aliphatic heterocycles. The molecule has 0 aromatic carbocycles. The lowest BCUT2D eigenvalue weighted by Crippen LogP contribution is -2.00. The molecule has 3 heteroatoms. The maximum atomic E-state index is 6.22. The van der Waals surface area contributed by atoms with E-state index < -0.39 is 0 Å². The molecule has 0 aliphatic carbocycles. The van der Waals surface area contributed by atoms with Crippen LogP contribution in [0, 0.1) is 0 Å². The summed E-state index contributed by atoms with van der Waals surface area (Å²) in [5, 5.41) is 0. The predicted molar refractivity (Wildman–Crippen MR) is 113 cm³/mol. The Morgan fingerprint density at radius 1 is 0.536 bits per heavy atom. The molecule has 0 N–H and O–H groups in total. The van der Waals surface area contributed by atoms with Crippen LogP contribution in [0.2, 0.25) is 0 Å². The van der Waals surface area contributed by atoms with Crippen molar-refractivity contribution in [1.29, 1.82) is 0 Å². The average Bonchev–Trinajstić information content (AvgIpc) is 3.46. The Morgan fingerprint density at radius 3 is 1.14 bits per heavy atom. The molecular weight excluding hydrogens is 348 g/mol. The van der Waals surface area contributed by atoms with Crippen molar-refractivity contribution in [1.82, 2.24) is 0 Å². The van der Waals surface area contributed by atoms with Gasteiger partial charge in [-0.1, -0.05) is 40.0 Å². The zero-order valence-corrected chi connectivity index (χ0v) is 17.6. The van der Waals surface area contributed by atoms with Gasteiger partial charge in [0.15, 0.2) is 0 Å². The van der Waals surface area contributed by atoms with Gasteiger partial charge in [-0.25, -0.2) is 0 Å². The van der Waals surface area contributed by atoms with E-state index in [1.165, 1.54) is 0 Å². The third-order valence-electron chi connectivity index (χ3n) is 5.23. The Kier molecular flexibility index (Phi) is 7.64. The lowest BCUT2D eigenvalue weighted by molar-refractivity contribution is 0.372. The molecule has 0 saturated heterocycles. The molecular formula is C25H34O3. The number of rotatable bonds is 12. The second-order valence-corrected chi connectivity index (χ2v) is 7.66. The summed E-state index contributed by atoms with van der Waals surface area (Å²) < 4.78 is 18.7. The van der Waals surface area contributed by atoms with Gasteiger partial charge in [0.05, 0.1) is 0 Å². The number of hydrogen-bond acceptors (Lipinski definition) is 3. The van der Waals surface area contributed by atoms with E-state index in [1.54, 1.807) is 0 Å². The lowest BCUT2D eigenvalue weighted by atomic mass is 10.0. The summed E-state index contributed by atoms with van der Waals surface area (Å²) in [6.45, 7) is 6.61. The second-order valence-electron chi connectivity index (χ2n) is 7.66. The van der Waals surface area contributed by atoms with Crippen LogP contribution >= 0.6 is 0 Å². The van der Waals surface area contributed by atoms with Crippen LogP contribution in [0.3, 0.4) is 0 Å². The van der Waals surface area contributed by atoms with E-state index in [0.717, 1.165) is 92.3 Å². The topological polar surface area (TPSA) is 39.4 Å². The van der Waals surface area contributed by atoms with Gasteiger partial charge in [0.25, 0.3) is 0 Å². The highest BCUT2D eigenvalue weighted by Gasteiger charge is 2.27. The number of hydrogen-bond donors (Lipinski definition) is 0. The van der Waals surface area contributed by atoms with Crippen molar-refractivity contribution >= 4 is 0 Å². The first-order chi connectivity index (χ1) is 13.7. The first-order valence-electron chi connectivity index (χ1n) is 11.0. The summed E-state index contributed by atoms with van der Waals surface area (Å²) in [6.07, 6.45) is 9.84. The van der Waals surface area contributed by atoms with Crippen LogP contribution in [-0.4, -0.2) is 0 Å². The zero-order chi connectivity index (χ0) is 19.8. The molecule has 3 heterocycles. The van der Waals surface area contributed by atoms with Gasteiger partial charge in [0.1, 0.15) is 40.5 Å². The minimum Gasteiger partial charge on any atom is -0.465 e. The van der Waals surface area contributed by atoms with E-state index in [-0.39, 0.29) is 5.92 Å². The SMILES string of the molecule is CCCCc1ccc(C(c2ccc(CCCC)o2)c2ccc(CCCC)o2)o1. The quantitative estimate of drug-likeness (QED) is 0.322. The van der Waals surface area contributed by atoms with Gasteiger partial charge < -0.3 is 13.3 Å². The molecule has 0 aliphatic rings. The van der Waals surface area contributed by atoms with E-state index in [0.29, 0.717) is 0 Å². The van der Waals surface area contributed by atoms with Crippen LogP contribution in [0.5, 0.6) is 0 Å². The molecule has 3 nitrogen and oxygen atoms in total. The third-order valence-corrected chi connectivity index (χ3v) is 5.23. The van der Waals surface area contributed by atoms with Crippen LogP contribution in [0.4, 0.5) is 0 Å². The Hall–Kier alpha value is -2.16. The number of aryl methyl sites for hydroxylation is 3. The molecule has 0 spiro atoms. The molecule has 0 fully saturated rings. The Bertz CT molecular complexity index is 710. The van der Waals surface area contributed by atoms with Crippen LogP contribution < -0.4 is 0 Å². The van der Waals surface area contributed by atoms with Crippen molar-refractivity contribution in [2.45, 2.75) is 84.5 Å². The van der Waals surface area contributed by atoms with Gasteiger partial charge in [0, 0.05) is 19.3 Å². The van der Waals surface area contributed by atoms with Crippen LogP contribution in [0.1, 0.15) is 99.8 Å². The number of unbranched alkanes of at least 4 members (excludes halogenated alkanes) is 3. The molecule has 0 amide bonds. The van der Waals surface area contributed by atoms with Crippen molar-refractivity contribution in [3.8, 4) is 0 Å². The summed E-state index contributed by atoms with van der Waals surface area (Å²) in [5.74, 6) is 5.70. The number of furan rings is 3. The van der Waals surface area contributed by atoms with Gasteiger partial charge in [-0.3, -0.25) is 0 Å². The maximum Gasteiger partial charge on any atom is 0.133 e. The molecule has 0 radical (unpaired) electrons. The van der Waals surface area contributed by atoms with E-state index >= 15 is 0 Å². The molecule has 0 saturated carbocycles. The fourth-order valence-corrected chi connectivity index (χ4v) is 3.53. The molecule has 3 aromatic heterocycles. The zero-order valence-electron chi connectivity index (χ0n) is 17.6. The molecule has 0 unspecified atom stereocenters. The summed E-state index contributed by atoms with van der Waals surface area (Å²) in [5.41, 5.74) is 0. The minimum absolute atomic E-state index is 0.124. The average molecular weight is 383 g/mol. The largest absolute Gasteiger partial charge is 0.465 e. The van der Waals surface area contributed by atoms with Crippen molar-refractivity contribution < 1.29 is 13.3 Å². The fourth-order valence-electron chi connectivity index (χ4n) is 3.53. The van der Waals surface area contributed by atoms with Gasteiger partial charge in [-0.15, -0.1) is 0 Å². The van der Waals surface area contributed by atoms with Crippen LogP contribution in [-0.2, 0) is 19.3 Å². The highest BCUT2D eigenvalue weighted by atomic mass is 16.4. The first-order valence-corrected chi connectivity index (χ1v) is 11.0. The van der Waals surface area contributed by atoms with Crippen LogP contribution in [0.15, 0.2) is 49.6 Å². The minimum atomic E-state index is -0.124. The monoisotopic (exact) mass is 382 g/mol. The van der Waals surface area contributed by atoms with E-state index in [4.69, 9.17) is 13.3 Å². The molecule has 0 bridgehead atoms.